The summed E-state index contributed by atoms with van der Waals surface area (Å²) < 4.78 is 5.34. The third-order valence-electron chi connectivity index (χ3n) is 8.52. The molecule has 2 unspecified atom stereocenters. The predicted octanol–water partition coefficient (Wildman–Crippen LogP) is 3.46. The average Bonchev–Trinajstić information content (AvgIpc) is 2.63. The molecule has 0 bridgehead atoms. The summed E-state index contributed by atoms with van der Waals surface area (Å²) in [4.78, 5) is 27.5. The van der Waals surface area contributed by atoms with Gasteiger partial charge in [-0.25, -0.2) is 4.79 Å². The van der Waals surface area contributed by atoms with Gasteiger partial charge >= 0.3 is 5.97 Å². The van der Waals surface area contributed by atoms with Gasteiger partial charge in [-0.2, -0.15) is 0 Å². The number of carbonyl (C=O) groups excluding carboxylic acids is 2. The van der Waals surface area contributed by atoms with E-state index in [9.17, 15) is 14.7 Å². The number of esters is 1. The van der Waals surface area contributed by atoms with Crippen LogP contribution in [-0.4, -0.2) is 55.1 Å². The fourth-order valence-corrected chi connectivity index (χ4v) is 6.63. The zero-order valence-electron chi connectivity index (χ0n) is 19.0. The van der Waals surface area contributed by atoms with Crippen LogP contribution in [0.15, 0.2) is 11.6 Å². The second-order valence-corrected chi connectivity index (χ2v) is 10.8. The topological polar surface area (TPSA) is 66.8 Å². The number of aliphatic hydroxyl groups is 1. The molecule has 5 nitrogen and oxygen atoms in total. The number of ether oxygens (including phenoxy) is 1. The van der Waals surface area contributed by atoms with Crippen LogP contribution in [0.2, 0.25) is 0 Å². The number of fused-ring (bicyclic) bond motifs is 3. The van der Waals surface area contributed by atoms with Crippen molar-refractivity contribution in [2.24, 2.45) is 34.5 Å². The Balaban J connectivity index is 1.78. The van der Waals surface area contributed by atoms with Crippen LogP contribution in [-0.2, 0) is 14.3 Å². The van der Waals surface area contributed by atoms with E-state index in [1.165, 1.54) is 0 Å². The molecule has 0 aliphatic heterocycles. The summed E-state index contributed by atoms with van der Waals surface area (Å²) in [5, 5.41) is 10.6. The number of aliphatic hydroxyl groups excluding tert-OH is 1. The highest BCUT2D eigenvalue weighted by Crippen LogP contribution is 2.63. The van der Waals surface area contributed by atoms with Crippen LogP contribution in [0, 0.1) is 34.5 Å². The summed E-state index contributed by atoms with van der Waals surface area (Å²) in [6.45, 7) is 9.82. The molecule has 0 aromatic rings. The minimum Gasteiger partial charge on any atom is -0.461 e. The van der Waals surface area contributed by atoms with Crippen molar-refractivity contribution in [2.75, 3.05) is 27.2 Å². The summed E-state index contributed by atoms with van der Waals surface area (Å²) in [7, 11) is 3.90. The van der Waals surface area contributed by atoms with Gasteiger partial charge in [-0.3, -0.25) is 4.79 Å². The van der Waals surface area contributed by atoms with E-state index in [1.54, 1.807) is 6.08 Å². The minimum absolute atomic E-state index is 0.0168. The van der Waals surface area contributed by atoms with Crippen molar-refractivity contribution in [1.82, 2.24) is 4.90 Å². The first kappa shape index (κ1) is 22.5. The maximum absolute atomic E-state index is 13.3. The van der Waals surface area contributed by atoms with Gasteiger partial charge in [0.15, 0.2) is 0 Å². The standard InChI is InChI=1S/C24H39NO4/c1-15-16(13-21(28)29-12-11-25(5)6)7-8-17-22(15)18(26)14-19-23(2,3)20(27)9-10-24(17,19)4/h13,15,17,19-20,22,27H,7-12,14H2,1-6H3/b16-13+/t15-,17?,19-,20-,22?,24+/m0/s1. The maximum atomic E-state index is 13.3. The van der Waals surface area contributed by atoms with Gasteiger partial charge in [0, 0.05) is 25.0 Å². The van der Waals surface area contributed by atoms with Gasteiger partial charge < -0.3 is 14.7 Å². The number of hydrogen-bond donors (Lipinski definition) is 1. The molecule has 3 fully saturated rings. The van der Waals surface area contributed by atoms with Gasteiger partial charge in [0.2, 0.25) is 0 Å². The molecule has 0 aromatic carbocycles. The molecule has 29 heavy (non-hydrogen) atoms. The minimum atomic E-state index is -0.335. The third-order valence-corrected chi connectivity index (χ3v) is 8.52. The molecular formula is C24H39NO4. The number of likely N-dealkylation sites (N-methyl/N-ethyl adjacent to an activating group) is 1. The van der Waals surface area contributed by atoms with Crippen molar-refractivity contribution in [3.8, 4) is 0 Å². The Morgan fingerprint density at radius 1 is 1.28 bits per heavy atom. The van der Waals surface area contributed by atoms with E-state index in [-0.39, 0.29) is 40.7 Å². The molecular weight excluding hydrogens is 366 g/mol. The van der Waals surface area contributed by atoms with Gasteiger partial charge in [0.25, 0.3) is 0 Å². The van der Waals surface area contributed by atoms with Crippen LogP contribution in [0.4, 0.5) is 0 Å². The second-order valence-electron chi connectivity index (χ2n) is 10.8. The maximum Gasteiger partial charge on any atom is 0.330 e. The lowest BCUT2D eigenvalue weighted by Crippen LogP contribution is -2.60. The van der Waals surface area contributed by atoms with E-state index < -0.39 is 0 Å². The second kappa shape index (κ2) is 8.14. The Kier molecular flexibility index (Phi) is 6.31. The molecule has 0 spiro atoms. The molecule has 3 rings (SSSR count). The van der Waals surface area contributed by atoms with E-state index in [2.05, 4.69) is 27.7 Å². The van der Waals surface area contributed by atoms with Crippen LogP contribution in [0.1, 0.15) is 59.8 Å². The molecule has 0 aromatic heterocycles. The molecule has 0 amide bonds. The van der Waals surface area contributed by atoms with Crippen LogP contribution in [0.25, 0.3) is 0 Å². The molecule has 0 radical (unpaired) electrons. The van der Waals surface area contributed by atoms with Gasteiger partial charge in [-0.1, -0.05) is 33.3 Å². The lowest BCUT2D eigenvalue weighted by molar-refractivity contribution is -0.172. The molecule has 6 atom stereocenters. The molecule has 3 aliphatic carbocycles. The summed E-state index contributed by atoms with van der Waals surface area (Å²) in [6.07, 6.45) is 5.44. The van der Waals surface area contributed by atoms with Crippen molar-refractivity contribution >= 4 is 11.8 Å². The fraction of sp³-hybridized carbons (Fsp3) is 0.833. The average molecular weight is 406 g/mol. The number of rotatable bonds is 4. The normalized spacial score (nSPS) is 40.5. The number of ketones is 1. The van der Waals surface area contributed by atoms with Gasteiger partial charge in [0.1, 0.15) is 12.4 Å². The van der Waals surface area contributed by atoms with Crippen molar-refractivity contribution in [2.45, 2.75) is 65.9 Å². The summed E-state index contributed by atoms with van der Waals surface area (Å²) in [6, 6.07) is 0. The number of allylic oxidation sites excluding steroid dienone is 1. The smallest absolute Gasteiger partial charge is 0.330 e. The number of Topliss-reactive ketones (excluding diaryl/α,β-unsaturated/α-hetero) is 1. The summed E-state index contributed by atoms with van der Waals surface area (Å²) in [5.74, 6) is 0.645. The zero-order valence-corrected chi connectivity index (χ0v) is 19.0. The quantitative estimate of drug-likeness (QED) is 0.573. The highest BCUT2D eigenvalue weighted by molar-refractivity contribution is 5.86. The summed E-state index contributed by atoms with van der Waals surface area (Å²) in [5.41, 5.74) is 0.905. The Morgan fingerprint density at radius 2 is 1.97 bits per heavy atom. The van der Waals surface area contributed by atoms with Gasteiger partial charge in [-0.05, 0) is 68.4 Å². The van der Waals surface area contributed by atoms with Gasteiger partial charge in [-0.15, -0.1) is 0 Å². The Morgan fingerprint density at radius 3 is 2.62 bits per heavy atom. The molecule has 164 valence electrons. The molecule has 5 heteroatoms. The lowest BCUT2D eigenvalue weighted by Gasteiger charge is -2.62. The molecule has 0 saturated heterocycles. The Labute approximate surface area is 175 Å². The van der Waals surface area contributed by atoms with Crippen LogP contribution in [0.3, 0.4) is 0 Å². The monoisotopic (exact) mass is 405 g/mol. The lowest BCUT2D eigenvalue weighted by atomic mass is 9.42. The number of nitrogens with zero attached hydrogens (tertiary/aromatic N) is 1. The van der Waals surface area contributed by atoms with Crippen LogP contribution in [0.5, 0.6) is 0 Å². The highest BCUT2D eigenvalue weighted by Gasteiger charge is 2.61. The first-order chi connectivity index (χ1) is 13.5. The Bertz CT molecular complexity index is 682. The first-order valence-electron chi connectivity index (χ1n) is 11.2. The van der Waals surface area contributed by atoms with Crippen molar-refractivity contribution in [1.29, 1.82) is 0 Å². The van der Waals surface area contributed by atoms with E-state index in [0.717, 1.165) is 31.3 Å². The molecule has 1 N–H and O–H groups in total. The SMILES string of the molecule is C[C@H]1/C(=C/C(=O)OCCN(C)C)CCC2C1C(=O)C[C@H]1C(C)(C)[C@@H](O)CC[C@]21C. The zero-order chi connectivity index (χ0) is 21.6. The van der Waals surface area contributed by atoms with Crippen LogP contribution < -0.4 is 0 Å². The fourth-order valence-electron chi connectivity index (χ4n) is 6.63. The van der Waals surface area contributed by atoms with Crippen molar-refractivity contribution in [3.05, 3.63) is 11.6 Å². The van der Waals surface area contributed by atoms with Crippen LogP contribution >= 0.6 is 0 Å². The highest BCUT2D eigenvalue weighted by atomic mass is 16.5. The van der Waals surface area contributed by atoms with E-state index in [1.807, 2.05) is 19.0 Å². The van der Waals surface area contributed by atoms with Crippen molar-refractivity contribution in [3.63, 3.8) is 0 Å². The third kappa shape index (κ3) is 4.05. The van der Waals surface area contributed by atoms with E-state index in [0.29, 0.717) is 31.3 Å². The number of carbonyl (C=O) groups is 2. The summed E-state index contributed by atoms with van der Waals surface area (Å²) >= 11 is 0. The molecule has 0 heterocycles. The Hall–Kier alpha value is -1.20. The molecule has 3 aliphatic rings. The first-order valence-corrected chi connectivity index (χ1v) is 11.2. The van der Waals surface area contributed by atoms with Crippen molar-refractivity contribution < 1.29 is 19.4 Å². The molecule has 3 saturated carbocycles. The van der Waals surface area contributed by atoms with E-state index in [4.69, 9.17) is 4.74 Å². The largest absolute Gasteiger partial charge is 0.461 e. The predicted molar refractivity (Wildman–Crippen MR) is 113 cm³/mol. The van der Waals surface area contributed by atoms with E-state index >= 15 is 0 Å². The number of hydrogen-bond acceptors (Lipinski definition) is 5. The van der Waals surface area contributed by atoms with Gasteiger partial charge in [0.05, 0.1) is 6.10 Å².